The van der Waals surface area contributed by atoms with Crippen molar-refractivity contribution in [3.05, 3.63) is 59.7 Å². The summed E-state index contributed by atoms with van der Waals surface area (Å²) in [5.74, 6) is -1.68. The van der Waals surface area contributed by atoms with Gasteiger partial charge in [-0.1, -0.05) is 6.92 Å². The van der Waals surface area contributed by atoms with Gasteiger partial charge in [0.2, 0.25) is 0 Å². The first-order valence-corrected chi connectivity index (χ1v) is 7.00. The number of ether oxygens (including phenoxy) is 1. The van der Waals surface area contributed by atoms with Crippen molar-refractivity contribution in [2.45, 2.75) is 13.3 Å². The van der Waals surface area contributed by atoms with Gasteiger partial charge in [-0.3, -0.25) is 9.59 Å². The van der Waals surface area contributed by atoms with E-state index in [4.69, 9.17) is 4.74 Å². The number of hydrogen-bond acceptors (Lipinski definition) is 3. The van der Waals surface area contributed by atoms with Gasteiger partial charge in [-0.05, 0) is 36.4 Å². The highest BCUT2D eigenvalue weighted by Crippen LogP contribution is 2.15. The third-order valence-corrected chi connectivity index (χ3v) is 3.01. The molecule has 0 radical (unpaired) electrons. The minimum Gasteiger partial charge on any atom is -0.484 e. The van der Waals surface area contributed by atoms with Gasteiger partial charge in [0.15, 0.2) is 12.4 Å². The second-order valence-corrected chi connectivity index (χ2v) is 4.80. The van der Waals surface area contributed by atoms with Crippen LogP contribution in [0.5, 0.6) is 5.75 Å². The normalized spacial score (nSPS) is 10.2. The van der Waals surface area contributed by atoms with Crippen molar-refractivity contribution in [2.24, 2.45) is 0 Å². The third-order valence-electron chi connectivity index (χ3n) is 3.01. The first-order chi connectivity index (χ1) is 11.0. The summed E-state index contributed by atoms with van der Waals surface area (Å²) in [6.07, 6.45) is 0.410. The summed E-state index contributed by atoms with van der Waals surface area (Å²) in [4.78, 5) is 23.2. The fourth-order valence-corrected chi connectivity index (χ4v) is 1.91. The lowest BCUT2D eigenvalue weighted by atomic mass is 10.1. The lowest BCUT2D eigenvalue weighted by molar-refractivity contribution is -0.118. The molecule has 6 heteroatoms. The molecule has 0 aliphatic carbocycles. The second-order valence-electron chi connectivity index (χ2n) is 4.80. The van der Waals surface area contributed by atoms with E-state index >= 15 is 0 Å². The molecule has 1 amide bonds. The van der Waals surface area contributed by atoms with Gasteiger partial charge >= 0.3 is 0 Å². The van der Waals surface area contributed by atoms with Crippen molar-refractivity contribution in [1.82, 2.24) is 0 Å². The van der Waals surface area contributed by atoms with Crippen molar-refractivity contribution in [3.63, 3.8) is 0 Å². The van der Waals surface area contributed by atoms with Gasteiger partial charge in [0.05, 0.1) is 0 Å². The number of carbonyl (C=O) groups excluding carboxylic acids is 2. The summed E-state index contributed by atoms with van der Waals surface area (Å²) in [5, 5.41) is 2.33. The van der Waals surface area contributed by atoms with Crippen LogP contribution in [-0.2, 0) is 4.79 Å². The average molecular weight is 319 g/mol. The number of anilines is 1. The lowest BCUT2D eigenvalue weighted by Crippen LogP contribution is -2.20. The maximum absolute atomic E-state index is 13.0. The molecular formula is C17H15F2NO3. The Morgan fingerprint density at radius 3 is 2.22 bits per heavy atom. The molecule has 0 bridgehead atoms. The Morgan fingerprint density at radius 1 is 1.04 bits per heavy atom. The van der Waals surface area contributed by atoms with Gasteiger partial charge in [0, 0.05) is 23.7 Å². The van der Waals surface area contributed by atoms with E-state index in [0.29, 0.717) is 23.8 Å². The molecule has 2 aromatic carbocycles. The van der Waals surface area contributed by atoms with Gasteiger partial charge in [-0.15, -0.1) is 0 Å². The van der Waals surface area contributed by atoms with E-state index in [1.165, 1.54) is 0 Å². The summed E-state index contributed by atoms with van der Waals surface area (Å²) in [6, 6.07) is 9.11. The quantitative estimate of drug-likeness (QED) is 0.828. The maximum atomic E-state index is 13.0. The maximum Gasteiger partial charge on any atom is 0.262 e. The molecule has 0 spiro atoms. The molecule has 0 unspecified atom stereocenters. The Morgan fingerprint density at radius 2 is 1.65 bits per heavy atom. The molecule has 23 heavy (non-hydrogen) atoms. The number of hydrogen-bond donors (Lipinski definition) is 1. The van der Waals surface area contributed by atoms with Gasteiger partial charge in [-0.25, -0.2) is 8.78 Å². The molecule has 0 saturated heterocycles. The minimum atomic E-state index is -0.780. The monoisotopic (exact) mass is 319 g/mol. The summed E-state index contributed by atoms with van der Waals surface area (Å²) in [7, 11) is 0. The first kappa shape index (κ1) is 16.6. The van der Waals surface area contributed by atoms with Gasteiger partial charge in [-0.2, -0.15) is 0 Å². The van der Waals surface area contributed by atoms with Crippen molar-refractivity contribution in [1.29, 1.82) is 0 Å². The summed E-state index contributed by atoms with van der Waals surface area (Å²) >= 11 is 0. The second kappa shape index (κ2) is 7.49. The topological polar surface area (TPSA) is 55.4 Å². The Balaban J connectivity index is 1.90. The van der Waals surface area contributed by atoms with E-state index in [-0.39, 0.29) is 18.1 Å². The zero-order valence-electron chi connectivity index (χ0n) is 12.4. The molecule has 0 atom stereocenters. The van der Waals surface area contributed by atoms with Crippen LogP contribution in [0.2, 0.25) is 0 Å². The van der Waals surface area contributed by atoms with E-state index in [9.17, 15) is 18.4 Å². The highest BCUT2D eigenvalue weighted by molar-refractivity contribution is 5.96. The number of amides is 1. The summed E-state index contributed by atoms with van der Waals surface area (Å²) < 4.78 is 31.3. The molecular weight excluding hydrogens is 304 g/mol. The minimum absolute atomic E-state index is 0.0139. The Labute approximate surface area is 132 Å². The molecule has 4 nitrogen and oxygen atoms in total. The molecule has 0 aliphatic heterocycles. The molecule has 0 saturated carbocycles. The number of ketones is 1. The fourth-order valence-electron chi connectivity index (χ4n) is 1.91. The van der Waals surface area contributed by atoms with E-state index in [1.54, 1.807) is 31.2 Å². The molecule has 2 aromatic rings. The Bertz CT molecular complexity index is 694. The van der Waals surface area contributed by atoms with Crippen LogP contribution >= 0.6 is 0 Å². The van der Waals surface area contributed by atoms with Crippen LogP contribution in [0, 0.1) is 11.6 Å². The number of carbonyl (C=O) groups is 2. The fraction of sp³-hybridized carbons (Fsp3) is 0.176. The number of rotatable bonds is 6. The standard InChI is InChI=1S/C17H15F2NO3/c1-2-16(21)11-3-5-15(6-4-11)23-10-17(22)20-14-8-12(18)7-13(19)9-14/h3-9H,2,10H2,1H3,(H,20,22). The zero-order valence-corrected chi connectivity index (χ0v) is 12.4. The highest BCUT2D eigenvalue weighted by atomic mass is 19.1. The number of halogens is 2. The van der Waals surface area contributed by atoms with Crippen molar-refractivity contribution >= 4 is 17.4 Å². The molecule has 0 fully saturated rings. The predicted molar refractivity (Wildman–Crippen MR) is 81.5 cm³/mol. The Kier molecular flexibility index (Phi) is 5.41. The van der Waals surface area contributed by atoms with Crippen molar-refractivity contribution in [2.75, 3.05) is 11.9 Å². The molecule has 1 N–H and O–H groups in total. The average Bonchev–Trinajstić information content (AvgIpc) is 2.51. The number of Topliss-reactive ketones (excluding diaryl/α,β-unsaturated/α-hetero) is 1. The highest BCUT2D eigenvalue weighted by Gasteiger charge is 2.07. The van der Waals surface area contributed by atoms with Gasteiger partial charge < -0.3 is 10.1 Å². The van der Waals surface area contributed by atoms with E-state index < -0.39 is 17.5 Å². The molecule has 2 rings (SSSR count). The van der Waals surface area contributed by atoms with Gasteiger partial charge in [0.1, 0.15) is 17.4 Å². The largest absolute Gasteiger partial charge is 0.484 e. The molecule has 0 aromatic heterocycles. The predicted octanol–water partition coefficient (Wildman–Crippen LogP) is 3.58. The van der Waals surface area contributed by atoms with Crippen LogP contribution < -0.4 is 10.1 Å². The third kappa shape index (κ3) is 4.88. The summed E-state index contributed by atoms with van der Waals surface area (Å²) in [5.41, 5.74) is 0.583. The molecule has 120 valence electrons. The number of benzene rings is 2. The summed E-state index contributed by atoms with van der Waals surface area (Å²) in [6.45, 7) is 1.45. The van der Waals surface area contributed by atoms with Crippen LogP contribution in [0.15, 0.2) is 42.5 Å². The van der Waals surface area contributed by atoms with Crippen molar-refractivity contribution in [3.8, 4) is 5.75 Å². The van der Waals surface area contributed by atoms with Crippen molar-refractivity contribution < 1.29 is 23.1 Å². The first-order valence-electron chi connectivity index (χ1n) is 7.00. The SMILES string of the molecule is CCC(=O)c1ccc(OCC(=O)Nc2cc(F)cc(F)c2)cc1. The van der Waals surface area contributed by atoms with Crippen LogP contribution in [0.3, 0.4) is 0 Å². The number of nitrogens with one attached hydrogen (secondary N) is 1. The van der Waals surface area contributed by atoms with E-state index in [0.717, 1.165) is 12.1 Å². The lowest BCUT2D eigenvalue weighted by Gasteiger charge is -2.08. The Hall–Kier alpha value is -2.76. The van der Waals surface area contributed by atoms with Gasteiger partial charge in [0.25, 0.3) is 5.91 Å². The van der Waals surface area contributed by atoms with Crippen LogP contribution in [0.25, 0.3) is 0 Å². The molecule has 0 aliphatic rings. The zero-order chi connectivity index (χ0) is 16.8. The van der Waals surface area contributed by atoms with Crippen LogP contribution in [0.1, 0.15) is 23.7 Å². The molecule has 0 heterocycles. The van der Waals surface area contributed by atoms with Crippen LogP contribution in [0.4, 0.5) is 14.5 Å². The van der Waals surface area contributed by atoms with E-state index in [2.05, 4.69) is 5.32 Å². The smallest absolute Gasteiger partial charge is 0.262 e. The van der Waals surface area contributed by atoms with Crippen LogP contribution in [-0.4, -0.2) is 18.3 Å². The van der Waals surface area contributed by atoms with E-state index in [1.807, 2.05) is 0 Å².